The zero-order chi connectivity index (χ0) is 17.9. The molecule has 1 aromatic carbocycles. The highest BCUT2D eigenvalue weighted by Crippen LogP contribution is 2.17. The molecule has 26 heavy (non-hydrogen) atoms. The second-order valence-corrected chi connectivity index (χ2v) is 6.69. The topological polar surface area (TPSA) is 55.0 Å². The number of piperazine rings is 1. The molecule has 1 fully saturated rings. The first-order valence-electron chi connectivity index (χ1n) is 8.66. The minimum absolute atomic E-state index is 0.697. The van der Waals surface area contributed by atoms with E-state index in [1.807, 2.05) is 40.6 Å². The van der Waals surface area contributed by atoms with Gasteiger partial charge >= 0.3 is 0 Å². The van der Waals surface area contributed by atoms with Crippen molar-refractivity contribution in [2.75, 3.05) is 31.1 Å². The average molecular weight is 367 g/mol. The minimum Gasteiger partial charge on any atom is -0.338 e. The molecule has 2 aromatic heterocycles. The van der Waals surface area contributed by atoms with Gasteiger partial charge in [-0.1, -0.05) is 30.3 Å². The quantitative estimate of drug-likeness (QED) is 0.659. The Morgan fingerprint density at radius 1 is 0.962 bits per heavy atom. The lowest BCUT2D eigenvalue weighted by Gasteiger charge is -2.34. The summed E-state index contributed by atoms with van der Waals surface area (Å²) in [6.45, 7) is 4.35. The van der Waals surface area contributed by atoms with Crippen molar-refractivity contribution in [3.8, 4) is 11.4 Å². The summed E-state index contributed by atoms with van der Waals surface area (Å²) in [6.07, 6.45) is 3.57. The van der Waals surface area contributed by atoms with Crippen molar-refractivity contribution in [2.24, 2.45) is 7.05 Å². The molecule has 1 aliphatic heterocycles. The van der Waals surface area contributed by atoms with Crippen molar-refractivity contribution >= 4 is 18.2 Å². The van der Waals surface area contributed by atoms with Gasteiger partial charge in [0.05, 0.1) is 6.67 Å². The van der Waals surface area contributed by atoms with Crippen molar-refractivity contribution in [1.29, 1.82) is 0 Å². The monoisotopic (exact) mass is 367 g/mol. The second kappa shape index (κ2) is 7.35. The van der Waals surface area contributed by atoms with E-state index in [2.05, 4.69) is 31.9 Å². The van der Waals surface area contributed by atoms with Crippen LogP contribution in [0.25, 0.3) is 11.4 Å². The van der Waals surface area contributed by atoms with Crippen LogP contribution in [0.5, 0.6) is 0 Å². The fourth-order valence-corrected chi connectivity index (χ4v) is 3.34. The predicted octanol–water partition coefficient (Wildman–Crippen LogP) is 2.19. The molecule has 1 saturated heterocycles. The van der Waals surface area contributed by atoms with E-state index in [1.165, 1.54) is 0 Å². The van der Waals surface area contributed by atoms with E-state index in [-0.39, 0.29) is 0 Å². The van der Waals surface area contributed by atoms with Crippen LogP contribution in [0.3, 0.4) is 0 Å². The molecule has 0 N–H and O–H groups in total. The van der Waals surface area contributed by atoms with Crippen LogP contribution in [0.15, 0.2) is 48.8 Å². The van der Waals surface area contributed by atoms with Gasteiger partial charge in [-0.05, 0) is 18.3 Å². The number of anilines is 1. The Labute approximate surface area is 157 Å². The number of nitrogens with zero attached hydrogens (tertiary/aromatic N) is 7. The normalized spacial score (nSPS) is 15.3. The molecule has 0 spiro atoms. The Balaban J connectivity index is 1.45. The molecule has 3 aromatic rings. The van der Waals surface area contributed by atoms with Crippen molar-refractivity contribution in [2.45, 2.75) is 6.67 Å². The molecular weight excluding hydrogens is 346 g/mol. The van der Waals surface area contributed by atoms with Crippen molar-refractivity contribution in [1.82, 2.24) is 29.2 Å². The van der Waals surface area contributed by atoms with Crippen LogP contribution in [0, 0.1) is 4.77 Å². The summed E-state index contributed by atoms with van der Waals surface area (Å²) in [5, 5.41) is 4.75. The zero-order valence-electron chi connectivity index (χ0n) is 14.7. The van der Waals surface area contributed by atoms with Crippen molar-refractivity contribution in [3.63, 3.8) is 0 Å². The highest BCUT2D eigenvalue weighted by atomic mass is 32.1. The van der Waals surface area contributed by atoms with E-state index in [0.717, 1.165) is 48.3 Å². The van der Waals surface area contributed by atoms with Gasteiger partial charge in [-0.3, -0.25) is 4.90 Å². The molecule has 7 nitrogen and oxygen atoms in total. The smallest absolute Gasteiger partial charge is 0.225 e. The zero-order valence-corrected chi connectivity index (χ0v) is 15.5. The fourth-order valence-electron chi connectivity index (χ4n) is 3.15. The largest absolute Gasteiger partial charge is 0.338 e. The summed E-state index contributed by atoms with van der Waals surface area (Å²) in [5.74, 6) is 1.69. The number of rotatable bonds is 4. The Bertz CT molecular complexity index is 912. The van der Waals surface area contributed by atoms with Crippen molar-refractivity contribution in [3.05, 3.63) is 53.6 Å². The predicted molar refractivity (Wildman–Crippen MR) is 103 cm³/mol. The molecule has 0 aliphatic carbocycles. The molecule has 0 atom stereocenters. The van der Waals surface area contributed by atoms with Gasteiger partial charge in [-0.15, -0.1) is 0 Å². The Morgan fingerprint density at radius 2 is 1.65 bits per heavy atom. The molecular formula is C18H21N7S. The van der Waals surface area contributed by atoms with Gasteiger partial charge in [0.15, 0.2) is 10.6 Å². The van der Waals surface area contributed by atoms with Gasteiger partial charge in [-0.2, -0.15) is 5.10 Å². The average Bonchev–Trinajstić information content (AvgIpc) is 2.98. The second-order valence-electron chi connectivity index (χ2n) is 6.33. The maximum absolute atomic E-state index is 5.59. The van der Waals surface area contributed by atoms with Crippen LogP contribution in [0.2, 0.25) is 0 Å². The van der Waals surface area contributed by atoms with E-state index >= 15 is 0 Å². The van der Waals surface area contributed by atoms with E-state index < -0.39 is 0 Å². The van der Waals surface area contributed by atoms with Crippen LogP contribution in [-0.2, 0) is 13.7 Å². The summed E-state index contributed by atoms with van der Waals surface area (Å²) in [7, 11) is 1.97. The van der Waals surface area contributed by atoms with Gasteiger partial charge in [0.25, 0.3) is 0 Å². The lowest BCUT2D eigenvalue weighted by atomic mass is 10.2. The van der Waals surface area contributed by atoms with Gasteiger partial charge in [0.1, 0.15) is 0 Å². The van der Waals surface area contributed by atoms with Crippen LogP contribution in [-0.4, -0.2) is 55.4 Å². The van der Waals surface area contributed by atoms with Gasteiger partial charge in [-0.25, -0.2) is 14.6 Å². The molecule has 4 rings (SSSR count). The van der Waals surface area contributed by atoms with Gasteiger partial charge in [0, 0.05) is 51.2 Å². The Kier molecular flexibility index (Phi) is 4.77. The molecule has 8 heteroatoms. The molecule has 0 amide bonds. The standard InChI is InChI=1S/C18H21N7S/c1-22-16(15-6-3-2-4-7-15)21-25(18(22)26)14-23-10-12-24(13-11-23)17-19-8-5-9-20-17/h2-9H,10-14H2,1H3. The molecule has 1 aliphatic rings. The van der Waals surface area contributed by atoms with E-state index in [1.54, 1.807) is 12.4 Å². The lowest BCUT2D eigenvalue weighted by Crippen LogP contribution is -2.47. The third-order valence-corrected chi connectivity index (χ3v) is 5.10. The maximum atomic E-state index is 5.59. The first kappa shape index (κ1) is 16.9. The molecule has 0 unspecified atom stereocenters. The highest BCUT2D eigenvalue weighted by Gasteiger charge is 2.20. The molecule has 0 saturated carbocycles. The number of benzene rings is 1. The maximum Gasteiger partial charge on any atom is 0.225 e. The van der Waals surface area contributed by atoms with Crippen LogP contribution in [0.1, 0.15) is 0 Å². The van der Waals surface area contributed by atoms with Crippen LogP contribution < -0.4 is 4.90 Å². The van der Waals surface area contributed by atoms with Gasteiger partial charge in [0.2, 0.25) is 5.95 Å². The SMILES string of the molecule is Cn1c(-c2ccccc2)nn(CN2CCN(c3ncccn3)CC2)c1=S. The summed E-state index contributed by atoms with van der Waals surface area (Å²) >= 11 is 5.59. The third-order valence-electron chi connectivity index (χ3n) is 4.61. The van der Waals surface area contributed by atoms with Crippen LogP contribution in [0.4, 0.5) is 5.95 Å². The third kappa shape index (κ3) is 3.38. The fraction of sp³-hybridized carbons (Fsp3) is 0.333. The first-order chi connectivity index (χ1) is 12.7. The first-order valence-corrected chi connectivity index (χ1v) is 9.07. The van der Waals surface area contributed by atoms with Crippen molar-refractivity contribution < 1.29 is 0 Å². The van der Waals surface area contributed by atoms with E-state index in [0.29, 0.717) is 6.67 Å². The Hall–Kier alpha value is -2.58. The van der Waals surface area contributed by atoms with E-state index in [4.69, 9.17) is 17.3 Å². The summed E-state index contributed by atoms with van der Waals surface area (Å²) < 4.78 is 4.61. The Morgan fingerprint density at radius 3 is 2.35 bits per heavy atom. The highest BCUT2D eigenvalue weighted by molar-refractivity contribution is 7.71. The molecule has 3 heterocycles. The molecule has 134 valence electrons. The number of hydrogen-bond acceptors (Lipinski definition) is 6. The minimum atomic E-state index is 0.697. The number of hydrogen-bond donors (Lipinski definition) is 0. The van der Waals surface area contributed by atoms with Gasteiger partial charge < -0.3 is 9.47 Å². The summed E-state index contributed by atoms with van der Waals surface area (Å²) in [5.41, 5.74) is 1.07. The lowest BCUT2D eigenvalue weighted by molar-refractivity contribution is 0.193. The van der Waals surface area contributed by atoms with Crippen LogP contribution >= 0.6 is 12.2 Å². The number of aromatic nitrogens is 5. The molecule has 0 radical (unpaired) electrons. The van der Waals surface area contributed by atoms with E-state index in [9.17, 15) is 0 Å². The summed E-state index contributed by atoms with van der Waals surface area (Å²) in [4.78, 5) is 13.2. The molecule has 0 bridgehead atoms. The summed E-state index contributed by atoms with van der Waals surface area (Å²) in [6, 6.07) is 12.0.